The minimum absolute atomic E-state index is 0.556. The second-order valence-electron chi connectivity index (χ2n) is 7.69. The van der Waals surface area contributed by atoms with Gasteiger partial charge in [-0.3, -0.25) is 9.98 Å². The number of unbranched alkanes of at least 4 members (excludes halogenated alkanes) is 2. The lowest BCUT2D eigenvalue weighted by Crippen LogP contribution is -1.96. The van der Waals surface area contributed by atoms with Gasteiger partial charge in [-0.2, -0.15) is 0 Å². The molecule has 33 heavy (non-hydrogen) atoms. The standard InChI is InChI=1S/C28H31ClN2O2/c1-3-5-17-32-25-12-7-22(8-13-25)20-30-24-11-16-28(27(29)19-24)31-21-23-9-14-26(15-10-23)33-18-6-4-2/h7-16,19-21H,3-6,17-18H2,1-2H3. The second-order valence-corrected chi connectivity index (χ2v) is 8.10. The fraction of sp³-hybridized carbons (Fsp3) is 0.286. The van der Waals surface area contributed by atoms with Crippen LogP contribution in [-0.4, -0.2) is 25.6 Å². The normalized spacial score (nSPS) is 11.4. The molecule has 5 heteroatoms. The number of ether oxygens (including phenoxy) is 2. The van der Waals surface area contributed by atoms with Crippen LogP contribution in [0.4, 0.5) is 11.4 Å². The molecule has 0 fully saturated rings. The summed E-state index contributed by atoms with van der Waals surface area (Å²) in [7, 11) is 0. The predicted molar refractivity (Wildman–Crippen MR) is 140 cm³/mol. The molecule has 3 aromatic rings. The summed E-state index contributed by atoms with van der Waals surface area (Å²) in [6, 6.07) is 21.4. The van der Waals surface area contributed by atoms with Gasteiger partial charge in [0.15, 0.2) is 0 Å². The number of hydrogen-bond donors (Lipinski definition) is 0. The van der Waals surface area contributed by atoms with Crippen molar-refractivity contribution < 1.29 is 9.47 Å². The zero-order chi connectivity index (χ0) is 23.3. The van der Waals surface area contributed by atoms with Crippen LogP contribution < -0.4 is 9.47 Å². The van der Waals surface area contributed by atoms with Crippen molar-refractivity contribution in [3.05, 3.63) is 82.9 Å². The van der Waals surface area contributed by atoms with E-state index in [-0.39, 0.29) is 0 Å². The highest BCUT2D eigenvalue weighted by atomic mass is 35.5. The fourth-order valence-electron chi connectivity index (χ4n) is 2.94. The van der Waals surface area contributed by atoms with E-state index in [9.17, 15) is 0 Å². The maximum atomic E-state index is 6.43. The van der Waals surface area contributed by atoms with Crippen molar-refractivity contribution >= 4 is 35.4 Å². The van der Waals surface area contributed by atoms with Crippen LogP contribution in [0.25, 0.3) is 0 Å². The molecule has 0 aliphatic heterocycles. The zero-order valence-corrected chi connectivity index (χ0v) is 20.1. The molecule has 3 aromatic carbocycles. The molecular formula is C28H31ClN2O2. The van der Waals surface area contributed by atoms with E-state index >= 15 is 0 Å². The first-order chi connectivity index (χ1) is 16.2. The number of nitrogens with zero attached hydrogens (tertiary/aromatic N) is 2. The van der Waals surface area contributed by atoms with Gasteiger partial charge in [-0.25, -0.2) is 0 Å². The largest absolute Gasteiger partial charge is 0.494 e. The van der Waals surface area contributed by atoms with Crippen molar-refractivity contribution in [1.82, 2.24) is 0 Å². The Bertz CT molecular complexity index is 1040. The van der Waals surface area contributed by atoms with Crippen molar-refractivity contribution in [1.29, 1.82) is 0 Å². The number of hydrogen-bond acceptors (Lipinski definition) is 4. The van der Waals surface area contributed by atoms with E-state index in [2.05, 4.69) is 23.8 Å². The summed E-state index contributed by atoms with van der Waals surface area (Å²) in [5, 5.41) is 0.556. The number of aliphatic imine (C=N–C) groups is 2. The van der Waals surface area contributed by atoms with Crippen molar-refractivity contribution in [3.63, 3.8) is 0 Å². The van der Waals surface area contributed by atoms with Crippen LogP contribution in [0.3, 0.4) is 0 Å². The molecule has 0 spiro atoms. The van der Waals surface area contributed by atoms with Crippen molar-refractivity contribution in [2.45, 2.75) is 39.5 Å². The van der Waals surface area contributed by atoms with Gasteiger partial charge in [0, 0.05) is 12.4 Å². The van der Waals surface area contributed by atoms with E-state index in [0.29, 0.717) is 10.7 Å². The fourth-order valence-corrected chi connectivity index (χ4v) is 3.17. The van der Waals surface area contributed by atoms with Crippen LogP contribution in [0, 0.1) is 0 Å². The molecule has 0 atom stereocenters. The molecule has 0 heterocycles. The van der Waals surface area contributed by atoms with Crippen LogP contribution in [0.15, 0.2) is 76.7 Å². The predicted octanol–water partition coefficient (Wildman–Crippen LogP) is 8.20. The molecule has 0 N–H and O–H groups in total. The first-order valence-corrected chi connectivity index (χ1v) is 11.9. The monoisotopic (exact) mass is 462 g/mol. The lowest BCUT2D eigenvalue weighted by Gasteiger charge is -2.05. The Morgan fingerprint density at radius 3 is 1.70 bits per heavy atom. The summed E-state index contributed by atoms with van der Waals surface area (Å²) < 4.78 is 11.4. The highest BCUT2D eigenvalue weighted by Gasteiger charge is 2.01. The molecule has 0 aliphatic carbocycles. The Morgan fingerprint density at radius 2 is 1.21 bits per heavy atom. The number of halogens is 1. The minimum atomic E-state index is 0.556. The van der Waals surface area contributed by atoms with Crippen LogP contribution in [0.2, 0.25) is 5.02 Å². The smallest absolute Gasteiger partial charge is 0.119 e. The van der Waals surface area contributed by atoms with Gasteiger partial charge in [-0.05, 0) is 90.7 Å². The Kier molecular flexibility index (Phi) is 9.99. The molecule has 0 unspecified atom stereocenters. The van der Waals surface area contributed by atoms with E-state index in [4.69, 9.17) is 21.1 Å². The molecule has 0 aliphatic rings. The van der Waals surface area contributed by atoms with Crippen molar-refractivity contribution in [2.75, 3.05) is 13.2 Å². The van der Waals surface area contributed by atoms with Gasteiger partial charge in [-0.1, -0.05) is 38.3 Å². The molecule has 0 saturated heterocycles. The molecule has 0 saturated carbocycles. The molecule has 0 amide bonds. The average Bonchev–Trinajstić information content (AvgIpc) is 2.84. The molecule has 0 bridgehead atoms. The summed E-state index contributed by atoms with van der Waals surface area (Å²) in [6.07, 6.45) is 7.97. The number of rotatable bonds is 12. The maximum Gasteiger partial charge on any atom is 0.119 e. The summed E-state index contributed by atoms with van der Waals surface area (Å²) in [4.78, 5) is 9.04. The van der Waals surface area contributed by atoms with Gasteiger partial charge in [0.1, 0.15) is 11.5 Å². The zero-order valence-electron chi connectivity index (χ0n) is 19.3. The second kappa shape index (κ2) is 13.4. The Hall–Kier alpha value is -3.11. The summed E-state index contributed by atoms with van der Waals surface area (Å²) in [5.74, 6) is 1.75. The maximum absolute atomic E-state index is 6.43. The first kappa shape index (κ1) is 24.5. The van der Waals surface area contributed by atoms with Gasteiger partial charge in [0.25, 0.3) is 0 Å². The van der Waals surface area contributed by atoms with Crippen LogP contribution in [-0.2, 0) is 0 Å². The average molecular weight is 463 g/mol. The van der Waals surface area contributed by atoms with E-state index < -0.39 is 0 Å². The topological polar surface area (TPSA) is 43.2 Å². The Morgan fingerprint density at radius 1 is 0.697 bits per heavy atom. The third-order valence-electron chi connectivity index (χ3n) is 4.94. The molecule has 3 rings (SSSR count). The van der Waals surface area contributed by atoms with Gasteiger partial charge >= 0.3 is 0 Å². The summed E-state index contributed by atoms with van der Waals surface area (Å²) >= 11 is 6.43. The van der Waals surface area contributed by atoms with Crippen LogP contribution >= 0.6 is 11.6 Å². The lowest BCUT2D eigenvalue weighted by atomic mass is 10.2. The van der Waals surface area contributed by atoms with Gasteiger partial charge in [0.2, 0.25) is 0 Å². The van der Waals surface area contributed by atoms with E-state index in [1.54, 1.807) is 6.21 Å². The van der Waals surface area contributed by atoms with E-state index in [0.717, 1.165) is 67.2 Å². The third-order valence-corrected chi connectivity index (χ3v) is 5.24. The molecule has 4 nitrogen and oxygen atoms in total. The lowest BCUT2D eigenvalue weighted by molar-refractivity contribution is 0.309. The molecule has 0 aromatic heterocycles. The van der Waals surface area contributed by atoms with E-state index in [1.807, 2.05) is 72.9 Å². The van der Waals surface area contributed by atoms with Crippen molar-refractivity contribution in [3.8, 4) is 11.5 Å². The van der Waals surface area contributed by atoms with Crippen molar-refractivity contribution in [2.24, 2.45) is 9.98 Å². The highest BCUT2D eigenvalue weighted by molar-refractivity contribution is 6.33. The summed E-state index contributed by atoms with van der Waals surface area (Å²) in [6.45, 7) is 5.79. The van der Waals surface area contributed by atoms with Crippen LogP contribution in [0.5, 0.6) is 11.5 Å². The number of benzene rings is 3. The van der Waals surface area contributed by atoms with E-state index in [1.165, 1.54) is 0 Å². The van der Waals surface area contributed by atoms with Gasteiger partial charge < -0.3 is 9.47 Å². The summed E-state index contributed by atoms with van der Waals surface area (Å²) in [5.41, 5.74) is 3.46. The molecular weight excluding hydrogens is 432 g/mol. The Labute approximate surface area is 202 Å². The first-order valence-electron chi connectivity index (χ1n) is 11.5. The third kappa shape index (κ3) is 8.39. The molecule has 172 valence electrons. The van der Waals surface area contributed by atoms with Gasteiger partial charge in [-0.15, -0.1) is 0 Å². The molecule has 0 radical (unpaired) electrons. The minimum Gasteiger partial charge on any atom is -0.494 e. The highest BCUT2D eigenvalue weighted by Crippen LogP contribution is 2.29. The Balaban J connectivity index is 1.57. The van der Waals surface area contributed by atoms with Crippen LogP contribution in [0.1, 0.15) is 50.7 Å². The quantitative estimate of drug-likeness (QED) is 0.201. The SMILES string of the molecule is CCCCOc1ccc(C=Nc2ccc(N=Cc3ccc(OCCCC)cc3)c(Cl)c2)cc1. The van der Waals surface area contributed by atoms with Gasteiger partial charge in [0.05, 0.1) is 29.6 Å².